The second kappa shape index (κ2) is 7.98. The third-order valence-corrected chi connectivity index (χ3v) is 4.36. The zero-order valence-electron chi connectivity index (χ0n) is 14.7. The average Bonchev–Trinajstić information content (AvgIpc) is 3.40. The van der Waals surface area contributed by atoms with Gasteiger partial charge in [0.2, 0.25) is 0 Å². The van der Waals surface area contributed by atoms with E-state index >= 15 is 0 Å². The van der Waals surface area contributed by atoms with E-state index in [1.54, 1.807) is 18.2 Å². The van der Waals surface area contributed by atoms with Crippen LogP contribution in [0.25, 0.3) is 17.0 Å². The van der Waals surface area contributed by atoms with Crippen LogP contribution in [0.2, 0.25) is 5.02 Å². The van der Waals surface area contributed by atoms with Gasteiger partial charge in [-0.25, -0.2) is 5.43 Å². The summed E-state index contributed by atoms with van der Waals surface area (Å²) in [7, 11) is 0. The molecule has 0 atom stereocenters. The second-order valence-corrected chi connectivity index (χ2v) is 6.46. The molecule has 0 aliphatic heterocycles. The molecule has 28 heavy (non-hydrogen) atoms. The molecule has 2 aromatic heterocycles. The fourth-order valence-electron chi connectivity index (χ4n) is 2.82. The van der Waals surface area contributed by atoms with Crippen LogP contribution in [-0.2, 0) is 0 Å². The van der Waals surface area contributed by atoms with E-state index in [0.29, 0.717) is 22.1 Å². The van der Waals surface area contributed by atoms with Gasteiger partial charge < -0.3 is 8.98 Å². The highest BCUT2D eigenvalue weighted by Crippen LogP contribution is 2.24. The lowest BCUT2D eigenvalue weighted by Gasteiger charge is -2.08. The van der Waals surface area contributed by atoms with E-state index in [1.807, 2.05) is 71.6 Å². The fourth-order valence-corrected chi connectivity index (χ4v) is 3.01. The third-order valence-electron chi connectivity index (χ3n) is 4.13. The van der Waals surface area contributed by atoms with Crippen molar-refractivity contribution in [3.8, 4) is 17.0 Å². The highest BCUT2D eigenvalue weighted by molar-refractivity contribution is 6.30. The van der Waals surface area contributed by atoms with Crippen LogP contribution in [0.3, 0.4) is 0 Å². The van der Waals surface area contributed by atoms with Crippen LogP contribution in [0.15, 0.2) is 94.7 Å². The number of benzene rings is 2. The zero-order valence-corrected chi connectivity index (χ0v) is 15.5. The van der Waals surface area contributed by atoms with Gasteiger partial charge in [-0.05, 0) is 48.5 Å². The first-order valence-electron chi connectivity index (χ1n) is 8.62. The highest BCUT2D eigenvalue weighted by atomic mass is 35.5. The van der Waals surface area contributed by atoms with Gasteiger partial charge in [0.15, 0.2) is 0 Å². The zero-order chi connectivity index (χ0) is 19.3. The van der Waals surface area contributed by atoms with Crippen molar-refractivity contribution in [2.75, 3.05) is 0 Å². The topological polar surface area (TPSA) is 59.5 Å². The Bertz CT molecular complexity index is 1130. The Hall–Kier alpha value is -3.57. The molecular formula is C22H16ClN3O2. The number of carbonyl (C=O) groups excluding carboxylic acids is 1. The maximum atomic E-state index is 12.5. The van der Waals surface area contributed by atoms with Crippen molar-refractivity contribution < 1.29 is 9.21 Å². The number of nitrogens with zero attached hydrogens (tertiary/aromatic N) is 2. The van der Waals surface area contributed by atoms with E-state index in [0.717, 1.165) is 11.3 Å². The predicted octanol–water partition coefficient (Wildman–Crippen LogP) is 5.15. The van der Waals surface area contributed by atoms with Crippen molar-refractivity contribution in [3.63, 3.8) is 0 Å². The maximum absolute atomic E-state index is 12.5. The molecular weight excluding hydrogens is 374 g/mol. The van der Waals surface area contributed by atoms with Gasteiger partial charge in [-0.2, -0.15) is 5.10 Å². The van der Waals surface area contributed by atoms with E-state index in [2.05, 4.69) is 10.5 Å². The summed E-state index contributed by atoms with van der Waals surface area (Å²) < 4.78 is 7.61. The lowest BCUT2D eigenvalue weighted by atomic mass is 10.1. The Kier molecular flexibility index (Phi) is 5.08. The van der Waals surface area contributed by atoms with Gasteiger partial charge in [-0.3, -0.25) is 4.79 Å². The predicted molar refractivity (Wildman–Crippen MR) is 110 cm³/mol. The summed E-state index contributed by atoms with van der Waals surface area (Å²) in [6.07, 6.45) is 5.23. The number of aromatic nitrogens is 1. The Labute approximate surface area is 166 Å². The van der Waals surface area contributed by atoms with Crippen molar-refractivity contribution in [1.82, 2.24) is 9.99 Å². The number of carbonyl (C=O) groups is 1. The van der Waals surface area contributed by atoms with Gasteiger partial charge >= 0.3 is 0 Å². The number of hydrazone groups is 1. The molecule has 6 heteroatoms. The first-order chi connectivity index (χ1) is 13.7. The van der Waals surface area contributed by atoms with E-state index in [-0.39, 0.29) is 5.91 Å². The summed E-state index contributed by atoms with van der Waals surface area (Å²) in [4.78, 5) is 12.5. The van der Waals surface area contributed by atoms with Crippen LogP contribution in [0.4, 0.5) is 0 Å². The van der Waals surface area contributed by atoms with Crippen molar-refractivity contribution in [2.45, 2.75) is 0 Å². The maximum Gasteiger partial charge on any atom is 0.273 e. The van der Waals surface area contributed by atoms with Gasteiger partial charge in [0, 0.05) is 23.0 Å². The van der Waals surface area contributed by atoms with Gasteiger partial charge in [0.25, 0.3) is 5.91 Å². The summed E-state index contributed by atoms with van der Waals surface area (Å²) >= 11 is 6.01. The number of halogens is 1. The van der Waals surface area contributed by atoms with Gasteiger partial charge in [-0.15, -0.1) is 0 Å². The van der Waals surface area contributed by atoms with Crippen LogP contribution in [0, 0.1) is 0 Å². The molecule has 2 aromatic carbocycles. The number of furan rings is 1. The lowest BCUT2D eigenvalue weighted by Crippen LogP contribution is -2.19. The monoisotopic (exact) mass is 389 g/mol. The molecule has 0 aliphatic carbocycles. The Morgan fingerprint density at radius 1 is 1.00 bits per heavy atom. The molecule has 138 valence electrons. The van der Waals surface area contributed by atoms with Crippen LogP contribution in [-0.4, -0.2) is 16.7 Å². The Balaban J connectivity index is 1.47. The molecule has 1 amide bonds. The minimum atomic E-state index is -0.304. The molecule has 4 aromatic rings. The number of hydrogen-bond donors (Lipinski definition) is 1. The number of amides is 1. The molecule has 0 unspecified atom stereocenters. The van der Waals surface area contributed by atoms with Crippen molar-refractivity contribution in [3.05, 3.63) is 102 Å². The number of hydrogen-bond acceptors (Lipinski definition) is 3. The SMILES string of the molecule is O=C(N/N=C\c1ccc(-c2cccc(Cl)c2)o1)c1ccccc1-n1cccc1. The van der Waals surface area contributed by atoms with Crippen LogP contribution >= 0.6 is 11.6 Å². The van der Waals surface area contributed by atoms with Crippen LogP contribution in [0.1, 0.15) is 16.1 Å². The van der Waals surface area contributed by atoms with Gasteiger partial charge in [0.05, 0.1) is 17.5 Å². The average molecular weight is 390 g/mol. The Morgan fingerprint density at radius 3 is 2.64 bits per heavy atom. The first-order valence-corrected chi connectivity index (χ1v) is 9.00. The Morgan fingerprint density at radius 2 is 1.82 bits per heavy atom. The highest BCUT2D eigenvalue weighted by Gasteiger charge is 2.11. The molecule has 0 fully saturated rings. The van der Waals surface area contributed by atoms with E-state index in [4.69, 9.17) is 16.0 Å². The number of para-hydroxylation sites is 1. The van der Waals surface area contributed by atoms with Crippen molar-refractivity contribution in [2.24, 2.45) is 5.10 Å². The van der Waals surface area contributed by atoms with Gasteiger partial charge in [-0.1, -0.05) is 35.9 Å². The summed E-state index contributed by atoms with van der Waals surface area (Å²) in [6, 6.07) is 22.1. The van der Waals surface area contributed by atoms with Crippen molar-refractivity contribution >= 4 is 23.7 Å². The summed E-state index contributed by atoms with van der Waals surface area (Å²) in [6.45, 7) is 0. The molecule has 1 N–H and O–H groups in total. The van der Waals surface area contributed by atoms with Gasteiger partial charge in [0.1, 0.15) is 11.5 Å². The molecule has 2 heterocycles. The smallest absolute Gasteiger partial charge is 0.273 e. The molecule has 0 radical (unpaired) electrons. The number of rotatable bonds is 5. The first kappa shape index (κ1) is 17.8. The molecule has 0 bridgehead atoms. The van der Waals surface area contributed by atoms with E-state index in [9.17, 15) is 4.79 Å². The largest absolute Gasteiger partial charge is 0.455 e. The van der Waals surface area contributed by atoms with E-state index in [1.165, 1.54) is 6.21 Å². The number of nitrogens with one attached hydrogen (secondary N) is 1. The quantitative estimate of drug-likeness (QED) is 0.379. The van der Waals surface area contributed by atoms with Crippen LogP contribution in [0.5, 0.6) is 0 Å². The fraction of sp³-hybridized carbons (Fsp3) is 0. The summed E-state index contributed by atoms with van der Waals surface area (Å²) in [5.41, 5.74) is 4.72. The molecule has 0 spiro atoms. The minimum absolute atomic E-state index is 0.304. The lowest BCUT2D eigenvalue weighted by molar-refractivity contribution is 0.0955. The molecule has 0 saturated carbocycles. The van der Waals surface area contributed by atoms with Crippen LogP contribution < -0.4 is 5.43 Å². The molecule has 5 nitrogen and oxygen atoms in total. The summed E-state index contributed by atoms with van der Waals surface area (Å²) in [5.74, 6) is 0.893. The standard InChI is InChI=1S/C22H16ClN3O2/c23-17-7-5-6-16(14-17)21-11-10-18(28-21)15-24-25-22(27)19-8-1-2-9-20(19)26-12-3-4-13-26/h1-15H,(H,25,27)/b24-15-. The van der Waals surface area contributed by atoms with Crippen molar-refractivity contribution in [1.29, 1.82) is 0 Å². The minimum Gasteiger partial charge on any atom is -0.455 e. The second-order valence-electron chi connectivity index (χ2n) is 6.02. The summed E-state index contributed by atoms with van der Waals surface area (Å²) in [5, 5.41) is 4.65. The normalized spacial score (nSPS) is 11.0. The van der Waals surface area contributed by atoms with E-state index < -0.39 is 0 Å². The molecule has 0 aliphatic rings. The third kappa shape index (κ3) is 3.89. The molecule has 4 rings (SSSR count). The molecule has 0 saturated heterocycles.